The zero-order valence-corrected chi connectivity index (χ0v) is 12.4. The number of benzene rings is 1. The topological polar surface area (TPSA) is 29.5 Å². The fourth-order valence-corrected chi connectivity index (χ4v) is 2.93. The Hall–Kier alpha value is -1.77. The predicted molar refractivity (Wildman–Crippen MR) is 79.1 cm³/mol. The average Bonchev–Trinajstić information content (AvgIpc) is 2.88. The van der Waals surface area contributed by atoms with Crippen LogP contribution in [0.1, 0.15) is 42.6 Å². The summed E-state index contributed by atoms with van der Waals surface area (Å²) in [5.74, 6) is 0.802. The molecular formula is C17H21NO2. The lowest BCUT2D eigenvalue weighted by atomic mass is 9.87. The van der Waals surface area contributed by atoms with Crippen LogP contribution in [0.25, 0.3) is 0 Å². The lowest BCUT2D eigenvalue weighted by Gasteiger charge is -2.35. The molecule has 20 heavy (non-hydrogen) atoms. The maximum atomic E-state index is 12.8. The van der Waals surface area contributed by atoms with Gasteiger partial charge in [-0.15, -0.1) is 0 Å². The Bertz CT molecular complexity index is 581. The van der Waals surface area contributed by atoms with Gasteiger partial charge in [-0.05, 0) is 45.7 Å². The second-order valence-corrected chi connectivity index (χ2v) is 6.23. The maximum absolute atomic E-state index is 12.8. The van der Waals surface area contributed by atoms with Gasteiger partial charge in [0.25, 0.3) is 0 Å². The minimum absolute atomic E-state index is 0.104. The third-order valence-electron chi connectivity index (χ3n) is 4.09. The summed E-state index contributed by atoms with van der Waals surface area (Å²) in [6.45, 7) is 8.00. The molecule has 3 nitrogen and oxygen atoms in total. The van der Waals surface area contributed by atoms with Crippen molar-refractivity contribution >= 4 is 5.78 Å². The number of carbonyl (C=O) groups is 1. The van der Waals surface area contributed by atoms with Crippen LogP contribution in [0.2, 0.25) is 0 Å². The van der Waals surface area contributed by atoms with Gasteiger partial charge in [0.2, 0.25) is 0 Å². The summed E-state index contributed by atoms with van der Waals surface area (Å²) in [4.78, 5) is 15.0. The summed E-state index contributed by atoms with van der Waals surface area (Å²) < 4.78 is 6.05. The highest BCUT2D eigenvalue weighted by atomic mass is 16.5. The van der Waals surface area contributed by atoms with Gasteiger partial charge >= 0.3 is 0 Å². The van der Waals surface area contributed by atoms with E-state index in [0.717, 1.165) is 24.2 Å². The number of likely N-dealkylation sites (tertiary alicyclic amines) is 1. The number of ketones is 1. The molecule has 0 aromatic heterocycles. The van der Waals surface area contributed by atoms with Crippen molar-refractivity contribution in [2.24, 2.45) is 0 Å². The van der Waals surface area contributed by atoms with E-state index in [2.05, 4.69) is 4.90 Å². The van der Waals surface area contributed by atoms with Crippen LogP contribution < -0.4 is 4.74 Å². The Morgan fingerprint density at radius 2 is 1.95 bits per heavy atom. The van der Waals surface area contributed by atoms with Crippen molar-refractivity contribution in [2.75, 3.05) is 13.1 Å². The van der Waals surface area contributed by atoms with Crippen LogP contribution in [0.4, 0.5) is 0 Å². The molecule has 0 N–H and O–H groups in total. The third-order valence-corrected chi connectivity index (χ3v) is 4.09. The van der Waals surface area contributed by atoms with Crippen LogP contribution in [-0.2, 0) is 0 Å². The average molecular weight is 271 g/mol. The summed E-state index contributed by atoms with van der Waals surface area (Å²) in [7, 11) is 0. The smallest absolute Gasteiger partial charge is 0.198 e. The second kappa shape index (κ2) is 4.65. The molecule has 0 bridgehead atoms. The van der Waals surface area contributed by atoms with Crippen molar-refractivity contribution in [3.8, 4) is 5.75 Å². The Labute approximate surface area is 120 Å². The first-order chi connectivity index (χ1) is 9.47. The normalized spacial score (nSPS) is 22.9. The number of nitrogens with zero attached hydrogens (tertiary/aromatic N) is 1. The first-order valence-electron chi connectivity index (χ1n) is 7.28. The molecule has 0 unspecified atom stereocenters. The van der Waals surface area contributed by atoms with Crippen LogP contribution in [0.15, 0.2) is 30.0 Å². The summed E-state index contributed by atoms with van der Waals surface area (Å²) in [5.41, 5.74) is 1.97. The number of hydrogen-bond donors (Lipinski definition) is 0. The van der Waals surface area contributed by atoms with E-state index in [1.807, 2.05) is 45.2 Å². The maximum Gasteiger partial charge on any atom is 0.198 e. The molecular weight excluding hydrogens is 250 g/mol. The SMILES string of the molecule is Cc1ccc2c(c1)C(=O)/C(=C/N1CCCC1)C(C)(C)O2. The molecule has 0 atom stereocenters. The van der Waals surface area contributed by atoms with Gasteiger partial charge in [0.15, 0.2) is 5.78 Å². The Morgan fingerprint density at radius 1 is 1.25 bits per heavy atom. The minimum atomic E-state index is -0.568. The number of fused-ring (bicyclic) bond motifs is 1. The largest absolute Gasteiger partial charge is 0.482 e. The first-order valence-corrected chi connectivity index (χ1v) is 7.28. The van der Waals surface area contributed by atoms with Gasteiger partial charge in [-0.1, -0.05) is 11.6 Å². The van der Waals surface area contributed by atoms with Gasteiger partial charge in [-0.3, -0.25) is 4.79 Å². The molecule has 0 spiro atoms. The van der Waals surface area contributed by atoms with E-state index < -0.39 is 5.60 Å². The molecule has 2 heterocycles. The number of ether oxygens (including phenoxy) is 1. The highest BCUT2D eigenvalue weighted by Gasteiger charge is 2.38. The molecule has 1 saturated heterocycles. The zero-order chi connectivity index (χ0) is 14.3. The molecule has 2 aliphatic heterocycles. The van der Waals surface area contributed by atoms with Crippen molar-refractivity contribution in [1.82, 2.24) is 4.90 Å². The molecule has 1 aromatic rings. The molecule has 0 radical (unpaired) electrons. The lowest BCUT2D eigenvalue weighted by Crippen LogP contribution is -2.40. The molecule has 106 valence electrons. The molecule has 0 aliphatic carbocycles. The van der Waals surface area contributed by atoms with E-state index in [9.17, 15) is 4.79 Å². The second-order valence-electron chi connectivity index (χ2n) is 6.23. The van der Waals surface area contributed by atoms with Gasteiger partial charge in [0.05, 0.1) is 11.1 Å². The van der Waals surface area contributed by atoms with Crippen molar-refractivity contribution in [3.63, 3.8) is 0 Å². The first kappa shape index (κ1) is 13.2. The zero-order valence-electron chi connectivity index (χ0n) is 12.4. The van der Waals surface area contributed by atoms with Crippen molar-refractivity contribution < 1.29 is 9.53 Å². The number of Topliss-reactive ketones (excluding diaryl/α,β-unsaturated/α-hetero) is 1. The summed E-state index contributed by atoms with van der Waals surface area (Å²) in [5, 5.41) is 0. The van der Waals surface area contributed by atoms with E-state index in [-0.39, 0.29) is 5.78 Å². The van der Waals surface area contributed by atoms with Crippen molar-refractivity contribution in [1.29, 1.82) is 0 Å². The van der Waals surface area contributed by atoms with Gasteiger partial charge < -0.3 is 9.64 Å². The number of hydrogen-bond acceptors (Lipinski definition) is 3. The van der Waals surface area contributed by atoms with Crippen LogP contribution in [0.3, 0.4) is 0 Å². The minimum Gasteiger partial charge on any atom is -0.482 e. The highest BCUT2D eigenvalue weighted by Crippen LogP contribution is 2.37. The molecule has 0 amide bonds. The fraction of sp³-hybridized carbons (Fsp3) is 0.471. The monoisotopic (exact) mass is 271 g/mol. The molecule has 2 aliphatic rings. The Balaban J connectivity index is 2.04. The van der Waals surface area contributed by atoms with Crippen LogP contribution in [0.5, 0.6) is 5.75 Å². The third kappa shape index (κ3) is 2.21. The van der Waals surface area contributed by atoms with Crippen LogP contribution >= 0.6 is 0 Å². The van der Waals surface area contributed by atoms with E-state index in [0.29, 0.717) is 11.3 Å². The quantitative estimate of drug-likeness (QED) is 0.734. The lowest BCUT2D eigenvalue weighted by molar-refractivity contribution is 0.0847. The highest BCUT2D eigenvalue weighted by molar-refractivity contribution is 6.12. The van der Waals surface area contributed by atoms with E-state index >= 15 is 0 Å². The Kier molecular flexibility index (Phi) is 3.08. The summed E-state index contributed by atoms with van der Waals surface area (Å²) in [6, 6.07) is 5.80. The van der Waals surface area contributed by atoms with Crippen LogP contribution in [0, 0.1) is 6.92 Å². The van der Waals surface area contributed by atoms with Crippen molar-refractivity contribution in [2.45, 2.75) is 39.2 Å². The van der Waals surface area contributed by atoms with E-state index in [4.69, 9.17) is 4.74 Å². The van der Waals surface area contributed by atoms with Gasteiger partial charge in [-0.25, -0.2) is 0 Å². The molecule has 1 aromatic carbocycles. The van der Waals surface area contributed by atoms with E-state index in [1.165, 1.54) is 12.8 Å². The number of rotatable bonds is 1. The van der Waals surface area contributed by atoms with Crippen molar-refractivity contribution in [3.05, 3.63) is 41.1 Å². The summed E-state index contributed by atoms with van der Waals surface area (Å²) in [6.07, 6.45) is 4.42. The standard InChI is InChI=1S/C17H21NO2/c1-12-6-7-15-13(10-12)16(19)14(17(2,3)20-15)11-18-8-4-5-9-18/h6-7,10-11H,4-5,8-9H2,1-3H3/b14-11-. The molecule has 3 heteroatoms. The predicted octanol–water partition coefficient (Wildman–Crippen LogP) is 3.33. The Morgan fingerprint density at radius 3 is 2.65 bits per heavy atom. The van der Waals surface area contributed by atoms with Gasteiger partial charge in [0, 0.05) is 19.3 Å². The number of carbonyl (C=O) groups excluding carboxylic acids is 1. The van der Waals surface area contributed by atoms with Gasteiger partial charge in [-0.2, -0.15) is 0 Å². The van der Waals surface area contributed by atoms with E-state index in [1.54, 1.807) is 0 Å². The number of aryl methyl sites for hydroxylation is 1. The summed E-state index contributed by atoms with van der Waals surface area (Å²) >= 11 is 0. The van der Waals surface area contributed by atoms with Crippen LogP contribution in [-0.4, -0.2) is 29.4 Å². The molecule has 3 rings (SSSR count). The fourth-order valence-electron chi connectivity index (χ4n) is 2.93. The molecule has 1 fully saturated rings. The molecule has 0 saturated carbocycles. The van der Waals surface area contributed by atoms with Gasteiger partial charge in [0.1, 0.15) is 11.4 Å².